The Bertz CT molecular complexity index is 2170. The molecule has 0 aromatic rings. The summed E-state index contributed by atoms with van der Waals surface area (Å²) in [5, 5.41) is 11.8. The summed E-state index contributed by atoms with van der Waals surface area (Å²) in [6.07, 6.45) is 109. The summed E-state index contributed by atoms with van der Waals surface area (Å²) in [7, 11) is 5.91. The predicted molar refractivity (Wildman–Crippen MR) is 407 cm³/mol. The van der Waals surface area contributed by atoms with Gasteiger partial charge in [-0.15, -0.1) is 0 Å². The monoisotopic (exact) mass is 1320 g/mol. The van der Waals surface area contributed by atoms with Gasteiger partial charge in [0.2, 0.25) is 0 Å². The minimum atomic E-state index is -1.64. The second kappa shape index (κ2) is 74.4. The van der Waals surface area contributed by atoms with Gasteiger partial charge in [-0.2, -0.15) is 0 Å². The van der Waals surface area contributed by atoms with Gasteiger partial charge in [0.25, 0.3) is 0 Å². The van der Waals surface area contributed by atoms with Crippen molar-refractivity contribution in [2.75, 3.05) is 47.5 Å². The van der Waals surface area contributed by atoms with Gasteiger partial charge < -0.3 is 33.3 Å². The number of likely N-dealkylation sites (N-methyl/N-ethyl adjacent to an activating group) is 1. The van der Waals surface area contributed by atoms with Crippen LogP contribution in [-0.2, 0) is 33.3 Å². The number of carbonyl (C=O) groups is 3. The van der Waals surface area contributed by atoms with Crippen LogP contribution in [0.5, 0.6) is 0 Å². The molecule has 0 spiro atoms. The van der Waals surface area contributed by atoms with E-state index >= 15 is 0 Å². The smallest absolute Gasteiger partial charge is 0.306 e. The van der Waals surface area contributed by atoms with Crippen LogP contribution in [-0.4, -0.2) is 82.3 Å². The topological polar surface area (TPSA) is 111 Å². The molecule has 0 aromatic carbocycles. The molecule has 0 aliphatic rings. The number of nitrogens with zero attached hydrogens (tertiary/aromatic N) is 1. The number of quaternary nitrogens is 1. The summed E-state index contributed by atoms with van der Waals surface area (Å²) >= 11 is 0. The number of aliphatic carboxylic acids is 1. The van der Waals surface area contributed by atoms with Gasteiger partial charge in [0, 0.05) is 12.8 Å². The number of hydrogen-bond acceptors (Lipinski definition) is 8. The molecule has 0 rings (SSSR count). The molecule has 0 aromatic heterocycles. The molecule has 0 aliphatic carbocycles. The molecule has 0 bridgehead atoms. The van der Waals surface area contributed by atoms with Gasteiger partial charge in [-0.05, 0) is 128 Å². The van der Waals surface area contributed by atoms with E-state index < -0.39 is 24.3 Å². The molecule has 538 valence electrons. The zero-order valence-electron chi connectivity index (χ0n) is 61.5. The number of ether oxygens (including phenoxy) is 4. The van der Waals surface area contributed by atoms with E-state index in [1.54, 1.807) is 0 Å². The number of rotatable bonds is 69. The third-order valence-corrected chi connectivity index (χ3v) is 16.0. The molecule has 2 atom stereocenters. The van der Waals surface area contributed by atoms with Crippen LogP contribution >= 0.6 is 0 Å². The van der Waals surface area contributed by atoms with Crippen molar-refractivity contribution in [3.05, 3.63) is 170 Å². The molecule has 0 saturated carbocycles. The van der Waals surface area contributed by atoms with E-state index in [1.807, 2.05) is 21.1 Å². The molecule has 0 heterocycles. The lowest BCUT2D eigenvalue weighted by atomic mass is 10.0. The van der Waals surface area contributed by atoms with E-state index in [-0.39, 0.29) is 38.6 Å². The summed E-state index contributed by atoms with van der Waals surface area (Å²) < 4.78 is 22.8. The Kier molecular flexibility index (Phi) is 70.2. The molecule has 0 amide bonds. The zero-order valence-corrected chi connectivity index (χ0v) is 61.5. The highest BCUT2D eigenvalue weighted by Gasteiger charge is 2.22. The maximum absolute atomic E-state index is 12.9. The Morgan fingerprint density at radius 1 is 0.316 bits per heavy atom. The van der Waals surface area contributed by atoms with Crippen LogP contribution in [0, 0.1) is 0 Å². The number of carboxylic acid groups (broad SMARTS) is 1. The third kappa shape index (κ3) is 75.9. The number of carbonyl (C=O) groups excluding carboxylic acids is 3. The molecular formula is C86H141NO8. The van der Waals surface area contributed by atoms with Crippen LogP contribution in [0.2, 0.25) is 0 Å². The SMILES string of the molecule is CC/C=C\C/C=C\C/C=C\C/C=C\C/C=C\C/C=C\C/C=C\C/C=C\C/C=C\CCCCCC(=O)OC(COC(=O)CCCCCCCCCCCCCCCCCCCCCCCCC/C=C\C/C=C\C/C=C\C/C=C\C/C=C\CC)COC(OCC[N+](C)(C)C)C(=O)[O-]. The zero-order chi connectivity index (χ0) is 69.0. The Morgan fingerprint density at radius 2 is 0.568 bits per heavy atom. The molecule has 0 fully saturated rings. The first-order valence-corrected chi connectivity index (χ1v) is 38.3. The number of hydrogen-bond donors (Lipinski definition) is 0. The highest BCUT2D eigenvalue weighted by atomic mass is 16.7. The first kappa shape index (κ1) is 89.6. The second-order valence-electron chi connectivity index (χ2n) is 26.2. The Labute approximate surface area is 584 Å². The van der Waals surface area contributed by atoms with Crippen molar-refractivity contribution < 1.29 is 42.9 Å². The van der Waals surface area contributed by atoms with Gasteiger partial charge in [0.15, 0.2) is 12.4 Å². The number of unbranched alkanes of at least 4 members (excludes halogenated alkanes) is 26. The Morgan fingerprint density at radius 3 is 0.853 bits per heavy atom. The van der Waals surface area contributed by atoms with Crippen molar-refractivity contribution in [3.8, 4) is 0 Å². The van der Waals surface area contributed by atoms with E-state index in [2.05, 4.69) is 184 Å². The summed E-state index contributed by atoms with van der Waals surface area (Å²) in [5.74, 6) is -2.33. The molecule has 0 N–H and O–H groups in total. The minimum absolute atomic E-state index is 0.134. The quantitative estimate of drug-likeness (QED) is 0.0195. The van der Waals surface area contributed by atoms with Crippen LogP contribution in [0.3, 0.4) is 0 Å². The van der Waals surface area contributed by atoms with E-state index in [4.69, 9.17) is 18.9 Å². The normalized spacial score (nSPS) is 13.7. The highest BCUT2D eigenvalue weighted by Crippen LogP contribution is 2.17. The average molecular weight is 1320 g/mol. The fourth-order valence-corrected chi connectivity index (χ4v) is 10.2. The number of esters is 2. The van der Waals surface area contributed by atoms with Crippen molar-refractivity contribution in [1.82, 2.24) is 0 Å². The third-order valence-electron chi connectivity index (χ3n) is 16.0. The lowest BCUT2D eigenvalue weighted by Crippen LogP contribution is -2.44. The Balaban J connectivity index is 4.11. The maximum Gasteiger partial charge on any atom is 0.306 e. The lowest BCUT2D eigenvalue weighted by Gasteiger charge is -2.26. The van der Waals surface area contributed by atoms with Gasteiger partial charge in [-0.1, -0.05) is 325 Å². The van der Waals surface area contributed by atoms with Gasteiger partial charge in [0.05, 0.1) is 40.3 Å². The number of carboxylic acids is 1. The molecular weight excluding hydrogens is 1170 g/mol. The molecule has 95 heavy (non-hydrogen) atoms. The highest BCUT2D eigenvalue weighted by molar-refractivity contribution is 5.70. The number of allylic oxidation sites excluding steroid dienone is 28. The predicted octanol–water partition coefficient (Wildman–Crippen LogP) is 23.2. The van der Waals surface area contributed by atoms with Crippen molar-refractivity contribution in [2.24, 2.45) is 0 Å². The van der Waals surface area contributed by atoms with Crippen LogP contribution < -0.4 is 5.11 Å². The summed E-state index contributed by atoms with van der Waals surface area (Å²) in [5.41, 5.74) is 0. The molecule has 9 nitrogen and oxygen atoms in total. The maximum atomic E-state index is 12.9. The van der Waals surface area contributed by atoms with E-state index in [9.17, 15) is 19.5 Å². The molecule has 2 unspecified atom stereocenters. The van der Waals surface area contributed by atoms with Crippen molar-refractivity contribution in [2.45, 2.75) is 309 Å². The van der Waals surface area contributed by atoms with Crippen LogP contribution in [0.25, 0.3) is 0 Å². The summed E-state index contributed by atoms with van der Waals surface area (Å²) in [4.78, 5) is 37.6. The van der Waals surface area contributed by atoms with Gasteiger partial charge in [0.1, 0.15) is 13.2 Å². The van der Waals surface area contributed by atoms with Gasteiger partial charge >= 0.3 is 11.9 Å². The minimum Gasteiger partial charge on any atom is -0.545 e. The fourth-order valence-electron chi connectivity index (χ4n) is 10.2. The van der Waals surface area contributed by atoms with Crippen molar-refractivity contribution in [3.63, 3.8) is 0 Å². The fraction of sp³-hybridized carbons (Fsp3) is 0.640. The molecule has 9 heteroatoms. The van der Waals surface area contributed by atoms with Gasteiger partial charge in [-0.25, -0.2) is 0 Å². The standard InChI is InChI=1S/C86H141NO8/c1-6-8-10-12-14-16-18-20-22-24-26-28-30-32-34-36-38-39-40-41-42-43-44-45-47-48-50-52-54-56-58-60-62-64-66-68-70-72-74-76-83(88)93-80-82(81-94-86(85(90)91)92-79-78-87(3,4)5)95-84(89)77-75-73-71-69-67-65-63-61-59-57-55-53-51-49-46-37-35-33-31-29-27-25-23-21-19-17-15-13-11-9-7-2/h8-11,14-17,20-23,26-29,32-35,46,49,53,55,59,61,65,67,82,86H,6-7,12-13,18-19,24-25,30-31,36-45,47-48,50-52,54,56-58,60,62-64,66,68-81H2,1-5H3/b10-8-,11-9-,16-14-,17-15-,22-20-,23-21-,28-26-,29-27-,34-32-,35-33-,49-46-,55-53-,61-59-,67-65-. The first-order valence-electron chi connectivity index (χ1n) is 38.3. The summed E-state index contributed by atoms with van der Waals surface area (Å²) in [6.45, 7) is 4.48. The first-order chi connectivity index (χ1) is 46.6. The van der Waals surface area contributed by atoms with Crippen molar-refractivity contribution >= 4 is 17.9 Å². The van der Waals surface area contributed by atoms with E-state index in [0.717, 1.165) is 128 Å². The largest absolute Gasteiger partial charge is 0.545 e. The molecule has 0 aliphatic heterocycles. The van der Waals surface area contributed by atoms with Crippen LogP contribution in [0.15, 0.2) is 170 Å². The van der Waals surface area contributed by atoms with Crippen LogP contribution in [0.1, 0.15) is 296 Å². The average Bonchev–Trinajstić information content (AvgIpc) is 3.24. The second-order valence-corrected chi connectivity index (χ2v) is 26.2. The van der Waals surface area contributed by atoms with Crippen LogP contribution in [0.4, 0.5) is 0 Å². The van der Waals surface area contributed by atoms with Gasteiger partial charge in [-0.3, -0.25) is 9.59 Å². The van der Waals surface area contributed by atoms with E-state index in [0.29, 0.717) is 17.4 Å². The summed E-state index contributed by atoms with van der Waals surface area (Å²) in [6, 6.07) is 0. The molecule has 0 saturated heterocycles. The Hall–Kier alpha value is -5.35. The van der Waals surface area contributed by atoms with Crippen molar-refractivity contribution in [1.29, 1.82) is 0 Å². The molecule has 0 radical (unpaired) electrons. The lowest BCUT2D eigenvalue weighted by molar-refractivity contribution is -0.870. The van der Waals surface area contributed by atoms with E-state index in [1.165, 1.54) is 135 Å².